The van der Waals surface area contributed by atoms with Crippen LogP contribution >= 0.6 is 0 Å². The Morgan fingerprint density at radius 2 is 2.12 bits per heavy atom. The summed E-state index contributed by atoms with van der Waals surface area (Å²) in [5.74, 6) is -1.01. The normalized spacial score (nSPS) is 14.5. The average molecular weight is 219 g/mol. The Hall–Kier alpha value is -1.84. The molecular formula is C12H13NO3. The molecule has 1 saturated carbocycles. The van der Waals surface area contributed by atoms with Gasteiger partial charge in [-0.3, -0.25) is 4.79 Å². The molecule has 1 fully saturated rings. The van der Waals surface area contributed by atoms with Crippen molar-refractivity contribution in [2.75, 3.05) is 0 Å². The van der Waals surface area contributed by atoms with E-state index < -0.39 is 5.97 Å². The van der Waals surface area contributed by atoms with Gasteiger partial charge < -0.3 is 10.4 Å². The largest absolute Gasteiger partial charge is 0.478 e. The van der Waals surface area contributed by atoms with Gasteiger partial charge in [0.05, 0.1) is 12.0 Å². The van der Waals surface area contributed by atoms with E-state index >= 15 is 0 Å². The Morgan fingerprint density at radius 3 is 2.75 bits per heavy atom. The van der Waals surface area contributed by atoms with Gasteiger partial charge in [0.1, 0.15) is 0 Å². The van der Waals surface area contributed by atoms with Gasteiger partial charge in [0, 0.05) is 6.04 Å². The number of benzene rings is 1. The summed E-state index contributed by atoms with van der Waals surface area (Å²) in [6, 6.07) is 6.82. The second-order valence-electron chi connectivity index (χ2n) is 4.02. The van der Waals surface area contributed by atoms with E-state index in [9.17, 15) is 9.59 Å². The zero-order chi connectivity index (χ0) is 11.5. The number of aromatic carboxylic acids is 1. The third kappa shape index (κ3) is 2.82. The summed E-state index contributed by atoms with van der Waals surface area (Å²) >= 11 is 0. The number of carboxylic acids is 1. The van der Waals surface area contributed by atoms with Crippen LogP contribution in [-0.2, 0) is 11.2 Å². The van der Waals surface area contributed by atoms with Crippen LogP contribution in [0.5, 0.6) is 0 Å². The smallest absolute Gasteiger partial charge is 0.335 e. The molecule has 0 radical (unpaired) electrons. The van der Waals surface area contributed by atoms with Crippen LogP contribution in [0.1, 0.15) is 28.8 Å². The fraction of sp³-hybridized carbons (Fsp3) is 0.333. The highest BCUT2D eigenvalue weighted by Gasteiger charge is 2.23. The third-order valence-corrected chi connectivity index (χ3v) is 2.48. The van der Waals surface area contributed by atoms with Crippen LogP contribution in [0.2, 0.25) is 0 Å². The predicted octanol–water partition coefficient (Wildman–Crippen LogP) is 1.21. The Bertz CT molecular complexity index is 424. The van der Waals surface area contributed by atoms with E-state index in [1.807, 2.05) is 0 Å². The Kier molecular flexibility index (Phi) is 2.90. The van der Waals surface area contributed by atoms with E-state index in [1.54, 1.807) is 12.1 Å². The molecule has 2 rings (SSSR count). The van der Waals surface area contributed by atoms with Crippen molar-refractivity contribution in [1.29, 1.82) is 0 Å². The zero-order valence-electron chi connectivity index (χ0n) is 8.77. The van der Waals surface area contributed by atoms with E-state index in [0.29, 0.717) is 6.04 Å². The van der Waals surface area contributed by atoms with E-state index in [-0.39, 0.29) is 17.9 Å². The number of carboxylic acid groups (broad SMARTS) is 1. The highest BCUT2D eigenvalue weighted by Crippen LogP contribution is 2.18. The molecule has 0 aromatic heterocycles. The molecular weight excluding hydrogens is 206 g/mol. The van der Waals surface area contributed by atoms with Crippen molar-refractivity contribution in [2.24, 2.45) is 0 Å². The first kappa shape index (κ1) is 10.7. The molecule has 0 bridgehead atoms. The van der Waals surface area contributed by atoms with Crippen molar-refractivity contribution in [3.8, 4) is 0 Å². The molecule has 0 unspecified atom stereocenters. The lowest BCUT2D eigenvalue weighted by atomic mass is 10.1. The Morgan fingerprint density at radius 1 is 1.38 bits per heavy atom. The molecule has 1 aromatic carbocycles. The number of carbonyl (C=O) groups excluding carboxylic acids is 1. The van der Waals surface area contributed by atoms with Crippen molar-refractivity contribution in [1.82, 2.24) is 5.32 Å². The van der Waals surface area contributed by atoms with Crippen LogP contribution in [0.15, 0.2) is 24.3 Å². The first-order valence-electron chi connectivity index (χ1n) is 5.27. The number of hydrogen-bond donors (Lipinski definition) is 2. The first-order chi connectivity index (χ1) is 7.65. The molecule has 2 N–H and O–H groups in total. The lowest BCUT2D eigenvalue weighted by molar-refractivity contribution is -0.120. The van der Waals surface area contributed by atoms with Gasteiger partial charge in [0.15, 0.2) is 0 Å². The molecule has 16 heavy (non-hydrogen) atoms. The molecule has 0 heterocycles. The van der Waals surface area contributed by atoms with Gasteiger partial charge in [-0.05, 0) is 30.5 Å². The second kappa shape index (κ2) is 4.35. The minimum absolute atomic E-state index is 0.0370. The van der Waals surface area contributed by atoms with E-state index in [4.69, 9.17) is 5.11 Å². The summed E-state index contributed by atoms with van der Waals surface area (Å²) in [5.41, 5.74) is 0.953. The maximum absolute atomic E-state index is 11.5. The van der Waals surface area contributed by atoms with Crippen molar-refractivity contribution in [3.05, 3.63) is 35.4 Å². The standard InChI is InChI=1S/C12H13NO3/c14-11(13-10-4-5-10)7-8-2-1-3-9(6-8)12(15)16/h1-3,6,10H,4-5,7H2,(H,13,14)(H,15,16). The van der Waals surface area contributed by atoms with Crippen molar-refractivity contribution < 1.29 is 14.7 Å². The summed E-state index contributed by atoms with van der Waals surface area (Å²) in [6.07, 6.45) is 2.36. The van der Waals surface area contributed by atoms with Gasteiger partial charge in [-0.15, -0.1) is 0 Å². The molecule has 84 valence electrons. The second-order valence-corrected chi connectivity index (χ2v) is 4.02. The molecule has 0 atom stereocenters. The highest BCUT2D eigenvalue weighted by molar-refractivity contribution is 5.88. The molecule has 0 spiro atoms. The summed E-state index contributed by atoms with van der Waals surface area (Å²) in [7, 11) is 0. The number of hydrogen-bond acceptors (Lipinski definition) is 2. The van der Waals surface area contributed by atoms with Crippen LogP contribution in [-0.4, -0.2) is 23.0 Å². The summed E-state index contributed by atoms with van der Waals surface area (Å²) in [4.78, 5) is 22.2. The highest BCUT2D eigenvalue weighted by atomic mass is 16.4. The molecule has 1 amide bonds. The monoisotopic (exact) mass is 219 g/mol. The molecule has 4 nitrogen and oxygen atoms in total. The van der Waals surface area contributed by atoms with Gasteiger partial charge in [0.2, 0.25) is 5.91 Å². The molecule has 1 aromatic rings. The number of rotatable bonds is 4. The zero-order valence-corrected chi connectivity index (χ0v) is 8.77. The van der Waals surface area contributed by atoms with E-state index in [1.165, 1.54) is 12.1 Å². The van der Waals surface area contributed by atoms with E-state index in [0.717, 1.165) is 18.4 Å². The summed E-state index contributed by atoms with van der Waals surface area (Å²) < 4.78 is 0. The predicted molar refractivity (Wildman–Crippen MR) is 58.3 cm³/mol. The molecule has 1 aliphatic rings. The van der Waals surface area contributed by atoms with Crippen LogP contribution in [0, 0.1) is 0 Å². The topological polar surface area (TPSA) is 66.4 Å². The van der Waals surface area contributed by atoms with Gasteiger partial charge in [-0.25, -0.2) is 4.79 Å². The number of nitrogens with one attached hydrogen (secondary N) is 1. The van der Waals surface area contributed by atoms with Crippen molar-refractivity contribution >= 4 is 11.9 Å². The van der Waals surface area contributed by atoms with Crippen LogP contribution in [0.4, 0.5) is 0 Å². The summed E-state index contributed by atoms with van der Waals surface area (Å²) in [6.45, 7) is 0. The quantitative estimate of drug-likeness (QED) is 0.799. The van der Waals surface area contributed by atoms with Crippen LogP contribution in [0.25, 0.3) is 0 Å². The van der Waals surface area contributed by atoms with Crippen LogP contribution in [0.3, 0.4) is 0 Å². The lowest BCUT2D eigenvalue weighted by Crippen LogP contribution is -2.27. The van der Waals surface area contributed by atoms with E-state index in [2.05, 4.69) is 5.32 Å². The number of carbonyl (C=O) groups is 2. The Balaban J connectivity index is 1.99. The average Bonchev–Trinajstić information content (AvgIpc) is 3.01. The van der Waals surface area contributed by atoms with Gasteiger partial charge >= 0.3 is 5.97 Å². The molecule has 4 heteroatoms. The molecule has 1 aliphatic carbocycles. The molecule has 0 aliphatic heterocycles. The third-order valence-electron chi connectivity index (χ3n) is 2.48. The van der Waals surface area contributed by atoms with Gasteiger partial charge in [0.25, 0.3) is 0 Å². The minimum Gasteiger partial charge on any atom is -0.478 e. The van der Waals surface area contributed by atoms with Crippen molar-refractivity contribution in [3.63, 3.8) is 0 Å². The first-order valence-corrected chi connectivity index (χ1v) is 5.27. The van der Waals surface area contributed by atoms with Gasteiger partial charge in [-0.2, -0.15) is 0 Å². The lowest BCUT2D eigenvalue weighted by Gasteiger charge is -2.04. The van der Waals surface area contributed by atoms with Gasteiger partial charge in [-0.1, -0.05) is 12.1 Å². The van der Waals surface area contributed by atoms with Crippen LogP contribution < -0.4 is 5.32 Å². The minimum atomic E-state index is -0.968. The Labute approximate surface area is 93.3 Å². The maximum atomic E-state index is 11.5. The number of amides is 1. The summed E-state index contributed by atoms with van der Waals surface area (Å²) in [5, 5.41) is 11.7. The maximum Gasteiger partial charge on any atom is 0.335 e. The SMILES string of the molecule is O=C(Cc1cccc(C(=O)O)c1)NC1CC1. The van der Waals surface area contributed by atoms with Crippen molar-refractivity contribution in [2.45, 2.75) is 25.3 Å². The fourth-order valence-electron chi connectivity index (χ4n) is 1.51. The molecule has 0 saturated heterocycles. The fourth-order valence-corrected chi connectivity index (χ4v) is 1.51.